The van der Waals surface area contributed by atoms with Crippen LogP contribution in [0.15, 0.2) is 24.3 Å². The third kappa shape index (κ3) is 5.93. The monoisotopic (exact) mass is 506 g/mol. The Morgan fingerprint density at radius 3 is 2.29 bits per heavy atom. The summed E-state index contributed by atoms with van der Waals surface area (Å²) in [6.45, 7) is 16.3. The number of aryl methyl sites for hydroxylation is 1. The first-order valence-electron chi connectivity index (χ1n) is 13.2. The molecule has 2 aromatic carbocycles. The Kier molecular flexibility index (Phi) is 7.30. The lowest BCUT2D eigenvalue weighted by Gasteiger charge is -2.36. The minimum Gasteiger partial charge on any atom is -0.468 e. The molecule has 35 heavy (non-hydrogen) atoms. The fourth-order valence-corrected chi connectivity index (χ4v) is 4.46. The number of hydrogen-bond acceptors (Lipinski definition) is 5. The molecule has 0 atom stereocenters. The van der Waals surface area contributed by atoms with Crippen LogP contribution in [0.2, 0.25) is 18.1 Å². The van der Waals surface area contributed by atoms with Gasteiger partial charge in [-0.15, -0.1) is 0 Å². The van der Waals surface area contributed by atoms with Crippen LogP contribution < -0.4 is 10.2 Å². The zero-order valence-electron chi connectivity index (χ0n) is 24.9. The molecule has 0 radical (unpaired) electrons. The Bertz CT molecular complexity index is 1120. The largest absolute Gasteiger partial charge is 0.495 e. The van der Waals surface area contributed by atoms with Crippen molar-refractivity contribution in [1.82, 2.24) is 0 Å². The number of rotatable bonds is 9. The zero-order valence-corrected chi connectivity index (χ0v) is 23.9. The number of fused-ring (bicyclic) bond motifs is 1. The summed E-state index contributed by atoms with van der Waals surface area (Å²) < 4.78 is 62.2. The predicted molar refractivity (Wildman–Crippen MR) is 144 cm³/mol. The van der Waals surface area contributed by atoms with Crippen molar-refractivity contribution in [2.75, 3.05) is 20.5 Å². The van der Waals surface area contributed by atoms with Crippen molar-refractivity contribution in [3.63, 3.8) is 0 Å². The van der Waals surface area contributed by atoms with Crippen LogP contribution in [0.25, 0.3) is 10.8 Å². The van der Waals surface area contributed by atoms with Crippen molar-refractivity contribution < 1.29 is 30.3 Å². The van der Waals surface area contributed by atoms with E-state index in [9.17, 15) is 0 Å². The van der Waals surface area contributed by atoms with Gasteiger partial charge in [-0.2, -0.15) is 0 Å². The maximum Gasteiger partial charge on any atom is 0.495 e. The van der Waals surface area contributed by atoms with Gasteiger partial charge in [-0.05, 0) is 98.7 Å². The molecule has 3 rings (SSSR count). The molecule has 0 amide bonds. The van der Waals surface area contributed by atoms with Gasteiger partial charge in [0.2, 0.25) is 0 Å². The van der Waals surface area contributed by atoms with Gasteiger partial charge in [-0.25, -0.2) is 4.39 Å². The predicted octanol–water partition coefficient (Wildman–Crippen LogP) is 6.22. The summed E-state index contributed by atoms with van der Waals surface area (Å²) in [6, 6.07) is 6.74. The third-order valence-electron chi connectivity index (χ3n) is 7.63. The molecular weight excluding hydrogens is 462 g/mol. The van der Waals surface area contributed by atoms with E-state index in [0.29, 0.717) is 22.2 Å². The Hall–Kier alpha value is -1.45. The van der Waals surface area contributed by atoms with Crippen molar-refractivity contribution in [1.29, 1.82) is 0 Å². The fraction of sp³-hybridized carbons (Fsp3) is 0.630. The van der Waals surface area contributed by atoms with Crippen LogP contribution in [0.3, 0.4) is 0 Å². The van der Waals surface area contributed by atoms with E-state index in [2.05, 4.69) is 20.8 Å². The normalized spacial score (nSPS) is 19.1. The average molecular weight is 507 g/mol. The first kappa shape index (κ1) is 25.2. The summed E-state index contributed by atoms with van der Waals surface area (Å²) in [5.74, 6) is 0.146. The molecule has 1 aliphatic rings. The van der Waals surface area contributed by atoms with E-state index in [1.165, 1.54) is 6.07 Å². The SMILES string of the molecule is [2H]C([2H])(CCc1c(F)ccc2cc(OCOC)cc(B3OC(C)(C)C(C)(C)O3)c12)O[Si](C)(C)C(C)(C)C. The molecule has 1 heterocycles. The summed E-state index contributed by atoms with van der Waals surface area (Å²) in [6.07, 6.45) is 0.163. The maximum atomic E-state index is 15.4. The van der Waals surface area contributed by atoms with Crippen LogP contribution in [-0.4, -0.2) is 47.1 Å². The van der Waals surface area contributed by atoms with Crippen LogP contribution in [0.5, 0.6) is 5.75 Å². The second kappa shape index (κ2) is 10.1. The van der Waals surface area contributed by atoms with Crippen LogP contribution in [-0.2, 0) is 24.9 Å². The Morgan fingerprint density at radius 2 is 1.71 bits per heavy atom. The van der Waals surface area contributed by atoms with Gasteiger partial charge in [-0.3, -0.25) is 0 Å². The number of benzene rings is 2. The molecule has 1 fully saturated rings. The molecule has 1 aliphatic heterocycles. The van der Waals surface area contributed by atoms with Crippen LogP contribution in [0, 0.1) is 5.82 Å². The lowest BCUT2D eigenvalue weighted by atomic mass is 9.74. The lowest BCUT2D eigenvalue weighted by Crippen LogP contribution is -2.41. The van der Waals surface area contributed by atoms with E-state index >= 15 is 4.39 Å². The first-order valence-corrected chi connectivity index (χ1v) is 15.1. The highest BCUT2D eigenvalue weighted by molar-refractivity contribution is 6.74. The molecule has 2 aromatic rings. The maximum absolute atomic E-state index is 15.4. The summed E-state index contributed by atoms with van der Waals surface area (Å²) in [4.78, 5) is 0. The van der Waals surface area contributed by atoms with E-state index in [0.717, 1.165) is 5.39 Å². The molecule has 0 bridgehead atoms. The van der Waals surface area contributed by atoms with Crippen molar-refractivity contribution in [2.24, 2.45) is 0 Å². The molecule has 0 saturated carbocycles. The lowest BCUT2D eigenvalue weighted by molar-refractivity contribution is 0.00578. The van der Waals surface area contributed by atoms with Gasteiger partial charge in [0.1, 0.15) is 11.6 Å². The fourth-order valence-electron chi connectivity index (χ4n) is 3.69. The quantitative estimate of drug-likeness (QED) is 0.299. The first-order chi connectivity index (χ1) is 16.8. The highest BCUT2D eigenvalue weighted by Crippen LogP contribution is 2.39. The van der Waals surface area contributed by atoms with Crippen LogP contribution in [0.1, 0.15) is 63.2 Å². The van der Waals surface area contributed by atoms with Gasteiger partial charge in [0.05, 0.1) is 13.9 Å². The van der Waals surface area contributed by atoms with Gasteiger partial charge in [0.15, 0.2) is 15.1 Å². The molecule has 0 unspecified atom stereocenters. The molecule has 194 valence electrons. The van der Waals surface area contributed by atoms with E-state index < -0.39 is 39.0 Å². The molecule has 0 aromatic heterocycles. The summed E-state index contributed by atoms with van der Waals surface area (Å²) in [7, 11) is -1.57. The number of hydrogen-bond donors (Lipinski definition) is 0. The summed E-state index contributed by atoms with van der Waals surface area (Å²) in [5, 5.41) is 1.25. The molecular formula is C27H42BFO5Si. The van der Waals surface area contributed by atoms with Crippen molar-refractivity contribution in [3.8, 4) is 5.75 Å². The van der Waals surface area contributed by atoms with E-state index in [-0.39, 0.29) is 24.7 Å². The van der Waals surface area contributed by atoms with Gasteiger partial charge in [0, 0.05) is 13.7 Å². The Morgan fingerprint density at radius 1 is 1.09 bits per heavy atom. The third-order valence-corrected chi connectivity index (χ3v) is 11.9. The average Bonchev–Trinajstić information content (AvgIpc) is 2.96. The molecule has 1 saturated heterocycles. The number of halogens is 1. The van der Waals surface area contributed by atoms with Crippen LogP contribution in [0.4, 0.5) is 4.39 Å². The van der Waals surface area contributed by atoms with Gasteiger partial charge in [0.25, 0.3) is 0 Å². The Balaban J connectivity index is 2.06. The molecule has 0 aliphatic carbocycles. The highest BCUT2D eigenvalue weighted by atomic mass is 28.4. The summed E-state index contributed by atoms with van der Waals surface area (Å²) >= 11 is 0. The standard InChI is InChI=1S/C27H42BFO5Si/c1-25(2,3)35(9,10)32-15-11-12-21-23(29)14-13-19-16-20(31-18-30-8)17-22(24(19)21)28-33-26(4,5)27(6,7)34-28/h13-14,16-17H,11-12,15,18H2,1-10H3/i15D2. The Labute approximate surface area is 214 Å². The molecule has 8 heteroatoms. The van der Waals surface area contributed by atoms with Crippen molar-refractivity contribution in [2.45, 2.75) is 90.6 Å². The number of ether oxygens (including phenoxy) is 2. The second-order valence-electron chi connectivity index (χ2n) is 11.8. The molecule has 5 nitrogen and oxygen atoms in total. The summed E-state index contributed by atoms with van der Waals surface area (Å²) in [5.41, 5.74) is -0.129. The van der Waals surface area contributed by atoms with E-state index in [4.69, 9.17) is 25.9 Å². The van der Waals surface area contributed by atoms with E-state index in [1.807, 2.05) is 46.9 Å². The molecule has 0 spiro atoms. The molecule has 0 N–H and O–H groups in total. The minimum atomic E-state index is -2.37. The highest BCUT2D eigenvalue weighted by Gasteiger charge is 2.52. The van der Waals surface area contributed by atoms with Crippen molar-refractivity contribution in [3.05, 3.63) is 35.6 Å². The van der Waals surface area contributed by atoms with Gasteiger partial charge in [-0.1, -0.05) is 26.8 Å². The second-order valence-corrected chi connectivity index (χ2v) is 16.5. The smallest absolute Gasteiger partial charge is 0.468 e. The number of methoxy groups -OCH3 is 1. The van der Waals surface area contributed by atoms with Gasteiger partial charge >= 0.3 is 7.12 Å². The minimum absolute atomic E-state index is 0.0142. The van der Waals surface area contributed by atoms with E-state index in [1.54, 1.807) is 19.2 Å². The van der Waals surface area contributed by atoms with Crippen molar-refractivity contribution >= 4 is 31.7 Å². The van der Waals surface area contributed by atoms with Crippen LogP contribution >= 0.6 is 0 Å². The van der Waals surface area contributed by atoms with Gasteiger partial charge < -0.3 is 23.2 Å². The zero-order chi connectivity index (χ0) is 28.0. The topological polar surface area (TPSA) is 46.2 Å².